The molecule has 0 spiro atoms. The number of hydrogen-bond donors (Lipinski definition) is 3. The molecule has 26 heavy (non-hydrogen) atoms. The summed E-state index contributed by atoms with van der Waals surface area (Å²) in [6, 6.07) is 11.3. The van der Waals surface area contributed by atoms with Gasteiger partial charge in [-0.2, -0.15) is 0 Å². The number of urea groups is 1. The minimum absolute atomic E-state index is 0.0749. The first-order valence-corrected chi connectivity index (χ1v) is 9.14. The molecule has 0 fully saturated rings. The van der Waals surface area contributed by atoms with Gasteiger partial charge in [0.25, 0.3) is 0 Å². The molecular weight excluding hydrogens is 370 g/mol. The Hall–Kier alpha value is -2.58. The number of carboxylic acid groups (broad SMARTS) is 1. The lowest BCUT2D eigenvalue weighted by molar-refractivity contribution is 0.0697. The number of amides is 2. The zero-order valence-electron chi connectivity index (χ0n) is 14.1. The van der Waals surface area contributed by atoms with Gasteiger partial charge >= 0.3 is 12.0 Å². The summed E-state index contributed by atoms with van der Waals surface area (Å²) in [6.07, 6.45) is 0. The van der Waals surface area contributed by atoms with Crippen LogP contribution in [-0.4, -0.2) is 28.1 Å². The first-order valence-electron chi connectivity index (χ1n) is 7.88. The highest BCUT2D eigenvalue weighted by Crippen LogP contribution is 2.29. The van der Waals surface area contributed by atoms with Crippen molar-refractivity contribution in [3.63, 3.8) is 0 Å². The average molecular weight is 387 g/mol. The van der Waals surface area contributed by atoms with Crippen LogP contribution in [0.15, 0.2) is 46.8 Å². The van der Waals surface area contributed by atoms with Crippen molar-refractivity contribution in [2.45, 2.75) is 24.2 Å². The lowest BCUT2D eigenvalue weighted by Gasteiger charge is -2.27. The minimum atomic E-state index is -1.01. The molecule has 8 heteroatoms. The molecule has 2 aromatic carbocycles. The number of thiol groups is 1. The number of nitrogens with zero attached hydrogens (tertiary/aromatic N) is 2. The van der Waals surface area contributed by atoms with Gasteiger partial charge in [0.2, 0.25) is 0 Å². The number of thiazole rings is 1. The molecule has 0 unspecified atom stereocenters. The third-order valence-electron chi connectivity index (χ3n) is 3.76. The largest absolute Gasteiger partial charge is 0.478 e. The Morgan fingerprint density at radius 3 is 2.50 bits per heavy atom. The van der Waals surface area contributed by atoms with Crippen molar-refractivity contribution in [1.82, 2.24) is 4.98 Å². The molecule has 0 saturated heterocycles. The van der Waals surface area contributed by atoms with Crippen LogP contribution in [0.2, 0.25) is 0 Å². The van der Waals surface area contributed by atoms with Crippen LogP contribution in [-0.2, 0) is 0 Å². The monoisotopic (exact) mass is 387 g/mol. The van der Waals surface area contributed by atoms with Gasteiger partial charge in [-0.1, -0.05) is 0 Å². The Morgan fingerprint density at radius 1 is 1.19 bits per heavy atom. The van der Waals surface area contributed by atoms with Crippen LogP contribution < -0.4 is 10.2 Å². The Balaban J connectivity index is 1.86. The number of fused-ring (bicyclic) bond motifs is 1. The molecule has 0 bridgehead atoms. The van der Waals surface area contributed by atoms with E-state index in [0.29, 0.717) is 10.0 Å². The average Bonchev–Trinajstić information content (AvgIpc) is 2.94. The molecule has 0 aliphatic rings. The van der Waals surface area contributed by atoms with Crippen molar-refractivity contribution >= 4 is 57.6 Å². The van der Waals surface area contributed by atoms with Gasteiger partial charge in [-0.05, 0) is 56.3 Å². The van der Waals surface area contributed by atoms with E-state index in [9.17, 15) is 9.59 Å². The van der Waals surface area contributed by atoms with E-state index >= 15 is 0 Å². The van der Waals surface area contributed by atoms with Crippen LogP contribution in [0.5, 0.6) is 0 Å². The Labute approximate surface area is 159 Å². The van der Waals surface area contributed by atoms with Gasteiger partial charge in [0, 0.05) is 17.4 Å². The van der Waals surface area contributed by atoms with E-state index in [2.05, 4.69) is 22.9 Å². The van der Waals surface area contributed by atoms with Crippen LogP contribution in [0, 0.1) is 0 Å². The Bertz CT molecular complexity index is 967. The third kappa shape index (κ3) is 3.81. The number of anilines is 2. The first-order chi connectivity index (χ1) is 12.3. The number of nitrogens with one attached hydrogen (secondary N) is 1. The minimum Gasteiger partial charge on any atom is -0.478 e. The maximum atomic E-state index is 12.8. The van der Waals surface area contributed by atoms with Crippen molar-refractivity contribution < 1.29 is 14.7 Å². The van der Waals surface area contributed by atoms with Gasteiger partial charge in [0.05, 0.1) is 15.8 Å². The van der Waals surface area contributed by atoms with E-state index in [-0.39, 0.29) is 17.6 Å². The summed E-state index contributed by atoms with van der Waals surface area (Å²) in [6.45, 7) is 3.85. The molecule has 3 aromatic rings. The summed E-state index contributed by atoms with van der Waals surface area (Å²) in [4.78, 5) is 29.7. The maximum absolute atomic E-state index is 12.8. The molecule has 0 radical (unpaired) electrons. The fourth-order valence-electron chi connectivity index (χ4n) is 2.58. The van der Waals surface area contributed by atoms with Crippen molar-refractivity contribution in [2.75, 3.05) is 10.2 Å². The second-order valence-corrected chi connectivity index (χ2v) is 7.68. The van der Waals surface area contributed by atoms with Gasteiger partial charge in [0.1, 0.15) is 4.34 Å². The fraction of sp³-hybridized carbons (Fsp3) is 0.167. The molecular formula is C18H17N3O3S2. The number of carbonyl (C=O) groups is 2. The molecule has 0 aliphatic heterocycles. The van der Waals surface area contributed by atoms with Gasteiger partial charge in [-0.15, -0.1) is 24.0 Å². The quantitative estimate of drug-likeness (QED) is 0.565. The highest BCUT2D eigenvalue weighted by Gasteiger charge is 2.20. The molecule has 134 valence electrons. The maximum Gasteiger partial charge on any atom is 0.335 e. The highest BCUT2D eigenvalue weighted by atomic mass is 32.2. The summed E-state index contributed by atoms with van der Waals surface area (Å²) >= 11 is 5.73. The van der Waals surface area contributed by atoms with Crippen LogP contribution >= 0.6 is 24.0 Å². The number of benzene rings is 2. The molecule has 0 aliphatic carbocycles. The van der Waals surface area contributed by atoms with E-state index < -0.39 is 5.97 Å². The molecule has 0 saturated carbocycles. The lowest BCUT2D eigenvalue weighted by atomic mass is 10.2. The first kappa shape index (κ1) is 18.2. The second-order valence-electron chi connectivity index (χ2n) is 5.92. The number of rotatable bonds is 4. The number of aromatic carboxylic acids is 1. The number of carbonyl (C=O) groups excluding carboxylic acids is 1. The van der Waals surface area contributed by atoms with Crippen molar-refractivity contribution in [3.8, 4) is 0 Å². The number of hydrogen-bond acceptors (Lipinski definition) is 5. The summed E-state index contributed by atoms with van der Waals surface area (Å²) in [7, 11) is 0. The number of aromatic nitrogens is 1. The van der Waals surface area contributed by atoms with Gasteiger partial charge in [-0.3, -0.25) is 4.90 Å². The van der Waals surface area contributed by atoms with Crippen LogP contribution in [0.4, 0.5) is 16.2 Å². The lowest BCUT2D eigenvalue weighted by Crippen LogP contribution is -2.40. The predicted molar refractivity (Wildman–Crippen MR) is 107 cm³/mol. The summed E-state index contributed by atoms with van der Waals surface area (Å²) in [5.41, 5.74) is 2.30. The normalized spacial score (nSPS) is 10.9. The van der Waals surface area contributed by atoms with Gasteiger partial charge in [0.15, 0.2) is 0 Å². The molecule has 6 nitrogen and oxygen atoms in total. The fourth-order valence-corrected chi connectivity index (χ4v) is 3.72. The van der Waals surface area contributed by atoms with Crippen molar-refractivity contribution in [1.29, 1.82) is 0 Å². The van der Waals surface area contributed by atoms with E-state index in [1.165, 1.54) is 23.5 Å². The SMILES string of the molecule is CC(C)N(C(=O)Nc1ccc(C(=O)O)cc1)c1ccc2nc(S)sc2c1. The smallest absolute Gasteiger partial charge is 0.335 e. The molecule has 2 amide bonds. The molecule has 0 atom stereocenters. The van der Waals surface area contributed by atoms with E-state index in [1.54, 1.807) is 17.0 Å². The zero-order chi connectivity index (χ0) is 18.8. The topological polar surface area (TPSA) is 82.5 Å². The van der Waals surface area contributed by atoms with Crippen molar-refractivity contribution in [3.05, 3.63) is 48.0 Å². The molecule has 1 aromatic heterocycles. The van der Waals surface area contributed by atoms with Gasteiger partial charge in [-0.25, -0.2) is 14.6 Å². The van der Waals surface area contributed by atoms with E-state index in [4.69, 9.17) is 5.11 Å². The van der Waals surface area contributed by atoms with Crippen LogP contribution in [0.1, 0.15) is 24.2 Å². The molecule has 3 rings (SSSR count). The van der Waals surface area contributed by atoms with Crippen LogP contribution in [0.3, 0.4) is 0 Å². The summed E-state index contributed by atoms with van der Waals surface area (Å²) < 4.78 is 1.63. The predicted octanol–water partition coefficient (Wildman–Crippen LogP) is 4.73. The third-order valence-corrected chi connectivity index (χ3v) is 4.95. The number of carboxylic acids is 1. The van der Waals surface area contributed by atoms with Crippen molar-refractivity contribution in [2.24, 2.45) is 0 Å². The highest BCUT2D eigenvalue weighted by molar-refractivity contribution is 7.82. The standard InChI is InChI=1S/C18H17N3O3S2/c1-10(2)21(13-7-8-14-15(9-13)26-18(25)20-14)17(24)19-12-5-3-11(4-6-12)16(22)23/h3-10H,1-2H3,(H,19,24)(H,20,25)(H,22,23). The van der Waals surface area contributed by atoms with Crippen LogP contribution in [0.25, 0.3) is 10.2 Å². The zero-order valence-corrected chi connectivity index (χ0v) is 15.8. The Morgan fingerprint density at radius 2 is 1.88 bits per heavy atom. The molecule has 2 N–H and O–H groups in total. The Kier molecular flexibility index (Phi) is 5.15. The van der Waals surface area contributed by atoms with E-state index in [1.807, 2.05) is 32.0 Å². The van der Waals surface area contributed by atoms with E-state index in [0.717, 1.165) is 15.9 Å². The second kappa shape index (κ2) is 7.35. The van der Waals surface area contributed by atoms with Gasteiger partial charge < -0.3 is 10.4 Å². The molecule has 1 heterocycles. The summed E-state index contributed by atoms with van der Waals surface area (Å²) in [5.74, 6) is -1.01. The summed E-state index contributed by atoms with van der Waals surface area (Å²) in [5, 5.41) is 11.8.